The van der Waals surface area contributed by atoms with E-state index in [1.54, 1.807) is 11.1 Å². The first-order chi connectivity index (χ1) is 7.61. The summed E-state index contributed by atoms with van der Waals surface area (Å²) in [5.74, 6) is 1.67. The fraction of sp³-hybridized carbons (Fsp3) is 0.444. The molecule has 4 nitrogen and oxygen atoms in total. The van der Waals surface area contributed by atoms with Crippen molar-refractivity contribution in [2.75, 3.05) is 17.2 Å². The van der Waals surface area contributed by atoms with Gasteiger partial charge in [-0.25, -0.2) is 9.97 Å². The summed E-state index contributed by atoms with van der Waals surface area (Å²) in [5, 5.41) is 0. The maximum atomic E-state index is 11.8. The minimum absolute atomic E-state index is 0.0800. The largest absolute Gasteiger partial charge is 0.294 e. The van der Waals surface area contributed by atoms with Crippen molar-refractivity contribution in [2.45, 2.75) is 6.42 Å². The molecule has 2 rings (SSSR count). The average Bonchev–Trinajstić information content (AvgIpc) is 2.60. The summed E-state index contributed by atoms with van der Waals surface area (Å²) in [4.78, 5) is 21.8. The predicted molar refractivity (Wildman–Crippen MR) is 71.7 cm³/mol. The maximum Gasteiger partial charge on any atom is 0.228 e. The molecule has 7 heteroatoms. The number of halogens is 2. The van der Waals surface area contributed by atoms with E-state index in [4.69, 9.17) is 0 Å². The van der Waals surface area contributed by atoms with E-state index < -0.39 is 0 Å². The van der Waals surface area contributed by atoms with Crippen molar-refractivity contribution in [1.82, 2.24) is 9.97 Å². The smallest absolute Gasteiger partial charge is 0.228 e. The Kier molecular flexibility index (Phi) is 3.86. The van der Waals surface area contributed by atoms with Crippen molar-refractivity contribution in [3.8, 4) is 0 Å². The molecule has 0 bridgehead atoms. The van der Waals surface area contributed by atoms with Gasteiger partial charge >= 0.3 is 0 Å². The van der Waals surface area contributed by atoms with E-state index in [2.05, 4.69) is 54.5 Å². The molecule has 16 heavy (non-hydrogen) atoms. The van der Waals surface area contributed by atoms with Crippen LogP contribution in [0.5, 0.6) is 0 Å². The monoisotopic (exact) mass is 365 g/mol. The van der Waals surface area contributed by atoms with Crippen LogP contribution < -0.4 is 4.90 Å². The molecule has 1 fully saturated rings. The van der Waals surface area contributed by atoms with E-state index in [9.17, 15) is 4.79 Å². The third-order valence-electron chi connectivity index (χ3n) is 2.40. The van der Waals surface area contributed by atoms with Crippen LogP contribution in [0, 0.1) is 5.92 Å². The molecule has 1 amide bonds. The van der Waals surface area contributed by atoms with Gasteiger partial charge in [-0.1, -0.05) is 0 Å². The summed E-state index contributed by atoms with van der Waals surface area (Å²) < 4.78 is 1.22. The number of amides is 1. The van der Waals surface area contributed by atoms with Gasteiger partial charge in [0.25, 0.3) is 0 Å². The first-order valence-corrected chi connectivity index (χ1v) is 6.93. The van der Waals surface area contributed by atoms with Crippen LogP contribution in [0.4, 0.5) is 5.82 Å². The lowest BCUT2D eigenvalue weighted by atomic mass is 10.1. The highest BCUT2D eigenvalue weighted by Gasteiger charge is 2.31. The van der Waals surface area contributed by atoms with Gasteiger partial charge in [0.1, 0.15) is 9.21 Å². The Morgan fingerprint density at radius 2 is 2.31 bits per heavy atom. The Bertz CT molecular complexity index is 429. The number of aromatic nitrogens is 2. The van der Waals surface area contributed by atoms with Crippen LogP contribution >= 0.6 is 44.5 Å². The lowest BCUT2D eigenvalue weighted by Crippen LogP contribution is -2.26. The van der Waals surface area contributed by atoms with Crippen LogP contribution in [-0.2, 0) is 4.79 Å². The highest BCUT2D eigenvalue weighted by atomic mass is 79.9. The zero-order valence-electron chi connectivity index (χ0n) is 8.23. The number of carbonyl (C=O) groups excluding carboxylic acids is 1. The molecule has 0 radical (unpaired) electrons. The maximum absolute atomic E-state index is 11.8. The number of carbonyl (C=O) groups is 1. The Hall–Kier alpha value is -0.140. The summed E-state index contributed by atoms with van der Waals surface area (Å²) >= 11 is 10.8. The van der Waals surface area contributed by atoms with Gasteiger partial charge < -0.3 is 0 Å². The highest BCUT2D eigenvalue weighted by Crippen LogP contribution is 2.29. The number of anilines is 1. The van der Waals surface area contributed by atoms with Crippen LogP contribution in [0.25, 0.3) is 0 Å². The minimum atomic E-state index is 0.0800. The molecule has 1 aliphatic heterocycles. The first-order valence-electron chi connectivity index (χ1n) is 4.71. The normalized spacial score (nSPS) is 20.6. The van der Waals surface area contributed by atoms with Crippen LogP contribution in [0.2, 0.25) is 0 Å². The van der Waals surface area contributed by atoms with Crippen LogP contribution in [-0.4, -0.2) is 28.2 Å². The predicted octanol–water partition coefficient (Wildman–Crippen LogP) is 2.28. The van der Waals surface area contributed by atoms with Gasteiger partial charge in [-0.3, -0.25) is 9.69 Å². The number of rotatable bonds is 2. The van der Waals surface area contributed by atoms with Crippen molar-refractivity contribution in [1.29, 1.82) is 0 Å². The van der Waals surface area contributed by atoms with Gasteiger partial charge in [0, 0.05) is 13.0 Å². The Labute approximate surface area is 116 Å². The van der Waals surface area contributed by atoms with E-state index in [1.165, 1.54) is 0 Å². The van der Waals surface area contributed by atoms with Gasteiger partial charge in [-0.15, -0.1) is 0 Å². The molecular weight excluding hydrogens is 358 g/mol. The Morgan fingerprint density at radius 1 is 1.56 bits per heavy atom. The Balaban J connectivity index is 2.28. The fourth-order valence-electron chi connectivity index (χ4n) is 1.63. The molecule has 1 saturated heterocycles. The van der Waals surface area contributed by atoms with E-state index in [1.807, 2.05) is 0 Å². The van der Waals surface area contributed by atoms with Gasteiger partial charge in [0.2, 0.25) is 5.91 Å². The molecule has 1 aromatic rings. The molecule has 1 aliphatic rings. The lowest BCUT2D eigenvalue weighted by Gasteiger charge is -2.16. The standard InChI is InChI=1S/C9H9Br2N3OS/c10-6-2-12-9(8(11)13-6)14-3-5(4-16)1-7(14)15/h2,5,16H,1,3-4H2. The average molecular weight is 367 g/mol. The number of hydrogen-bond acceptors (Lipinski definition) is 4. The number of thiol groups is 1. The second-order valence-electron chi connectivity index (χ2n) is 3.56. The van der Waals surface area contributed by atoms with E-state index >= 15 is 0 Å². The summed E-state index contributed by atoms with van der Waals surface area (Å²) in [6, 6.07) is 0. The molecule has 0 saturated carbocycles. The molecule has 1 aromatic heterocycles. The molecule has 2 heterocycles. The zero-order valence-corrected chi connectivity index (χ0v) is 12.3. The molecule has 0 aromatic carbocycles. The third kappa shape index (κ3) is 2.41. The first kappa shape index (κ1) is 12.3. The summed E-state index contributed by atoms with van der Waals surface area (Å²) in [6.45, 7) is 0.664. The van der Waals surface area contributed by atoms with Crippen molar-refractivity contribution in [2.24, 2.45) is 5.92 Å². The molecule has 0 N–H and O–H groups in total. The van der Waals surface area contributed by atoms with Crippen molar-refractivity contribution >= 4 is 56.2 Å². The lowest BCUT2D eigenvalue weighted by molar-refractivity contribution is -0.117. The quantitative estimate of drug-likeness (QED) is 0.817. The van der Waals surface area contributed by atoms with E-state index in [0.29, 0.717) is 39.7 Å². The van der Waals surface area contributed by atoms with Crippen LogP contribution in [0.15, 0.2) is 15.4 Å². The topological polar surface area (TPSA) is 46.1 Å². The fourth-order valence-corrected chi connectivity index (χ4v) is 2.90. The molecule has 1 unspecified atom stereocenters. The van der Waals surface area contributed by atoms with Gasteiger partial charge in [0.05, 0.1) is 6.20 Å². The van der Waals surface area contributed by atoms with Gasteiger partial charge in [0.15, 0.2) is 5.82 Å². The Morgan fingerprint density at radius 3 is 2.88 bits per heavy atom. The van der Waals surface area contributed by atoms with Crippen LogP contribution in [0.3, 0.4) is 0 Å². The van der Waals surface area contributed by atoms with E-state index in [-0.39, 0.29) is 5.91 Å². The summed E-state index contributed by atoms with van der Waals surface area (Å²) in [6.07, 6.45) is 2.12. The third-order valence-corrected chi connectivity index (χ3v) is 3.83. The molecule has 86 valence electrons. The second kappa shape index (κ2) is 5.01. The van der Waals surface area contributed by atoms with Crippen molar-refractivity contribution in [3.05, 3.63) is 15.4 Å². The number of nitrogens with zero attached hydrogens (tertiary/aromatic N) is 3. The number of hydrogen-bond donors (Lipinski definition) is 1. The SMILES string of the molecule is O=C1CC(CS)CN1c1ncc(Br)nc1Br. The molecular formula is C9H9Br2N3OS. The molecule has 1 atom stereocenters. The second-order valence-corrected chi connectivity index (χ2v) is 5.49. The van der Waals surface area contributed by atoms with Gasteiger partial charge in [-0.05, 0) is 43.5 Å². The van der Waals surface area contributed by atoms with Crippen LogP contribution in [0.1, 0.15) is 6.42 Å². The summed E-state index contributed by atoms with van der Waals surface area (Å²) in [5.41, 5.74) is 0. The zero-order chi connectivity index (χ0) is 11.7. The van der Waals surface area contributed by atoms with Gasteiger partial charge in [-0.2, -0.15) is 12.6 Å². The summed E-state index contributed by atoms with van der Waals surface area (Å²) in [7, 11) is 0. The minimum Gasteiger partial charge on any atom is -0.294 e. The molecule has 0 aliphatic carbocycles. The van der Waals surface area contributed by atoms with E-state index in [0.717, 1.165) is 0 Å². The highest BCUT2D eigenvalue weighted by molar-refractivity contribution is 9.11. The molecule has 0 spiro atoms. The van der Waals surface area contributed by atoms with Crippen molar-refractivity contribution in [3.63, 3.8) is 0 Å². The van der Waals surface area contributed by atoms with Crippen molar-refractivity contribution < 1.29 is 4.79 Å².